The van der Waals surface area contributed by atoms with E-state index in [2.05, 4.69) is 15.0 Å². The van der Waals surface area contributed by atoms with E-state index in [4.69, 9.17) is 11.6 Å². The minimum Gasteiger partial charge on any atom is -0.298 e. The van der Waals surface area contributed by atoms with Gasteiger partial charge in [-0.2, -0.15) is 0 Å². The molecule has 1 amide bonds. The predicted octanol–water partition coefficient (Wildman–Crippen LogP) is 5.45. The molecule has 2 N–H and O–H groups in total. The van der Waals surface area contributed by atoms with Crippen LogP contribution >= 0.6 is 22.9 Å². The van der Waals surface area contributed by atoms with Crippen LogP contribution in [0.3, 0.4) is 0 Å². The Bertz CT molecular complexity index is 1400. The predicted molar refractivity (Wildman–Crippen MR) is 121 cm³/mol. The molecule has 0 spiro atoms. The highest BCUT2D eigenvalue weighted by atomic mass is 35.5. The zero-order chi connectivity index (χ0) is 22.2. The smallest absolute Gasteiger partial charge is 0.261 e. The third-order valence-corrected chi connectivity index (χ3v) is 6.93. The molecule has 0 saturated carbocycles. The molecule has 0 aliphatic rings. The first kappa shape index (κ1) is 21.2. The van der Waals surface area contributed by atoms with Crippen LogP contribution in [0.2, 0.25) is 5.02 Å². The number of fused-ring (bicyclic) bond motifs is 1. The molecule has 6 nitrogen and oxygen atoms in total. The van der Waals surface area contributed by atoms with Crippen molar-refractivity contribution < 1.29 is 17.6 Å². The van der Waals surface area contributed by atoms with Gasteiger partial charge >= 0.3 is 0 Å². The van der Waals surface area contributed by atoms with E-state index in [0.29, 0.717) is 10.2 Å². The molecule has 31 heavy (non-hydrogen) atoms. The number of nitrogens with one attached hydrogen (secondary N) is 2. The number of hydrogen-bond acceptors (Lipinski definition) is 5. The highest BCUT2D eigenvalue weighted by molar-refractivity contribution is 7.92. The monoisotopic (exact) mass is 475 g/mol. The molecule has 4 aromatic rings. The van der Waals surface area contributed by atoms with Gasteiger partial charge in [-0.3, -0.25) is 14.8 Å². The van der Waals surface area contributed by atoms with Crippen LogP contribution in [-0.2, 0) is 10.0 Å². The molecular weight excluding hydrogens is 461 g/mol. The summed E-state index contributed by atoms with van der Waals surface area (Å²) in [5.74, 6) is -1.08. The number of aromatic nitrogens is 1. The van der Waals surface area contributed by atoms with E-state index in [-0.39, 0.29) is 16.1 Å². The van der Waals surface area contributed by atoms with Crippen LogP contribution < -0.4 is 10.0 Å². The van der Waals surface area contributed by atoms with Gasteiger partial charge in [0.1, 0.15) is 5.82 Å². The summed E-state index contributed by atoms with van der Waals surface area (Å²) in [5.41, 5.74) is 1.81. The summed E-state index contributed by atoms with van der Waals surface area (Å²) in [4.78, 5) is 17.2. The van der Waals surface area contributed by atoms with Crippen molar-refractivity contribution in [1.82, 2.24) is 4.98 Å². The van der Waals surface area contributed by atoms with E-state index < -0.39 is 21.7 Å². The SMILES string of the molecule is Cc1cc(Cl)cc2sc(NC(=O)c3ccccc3NS(=O)(=O)c3ccc(F)cc3)nc12. The van der Waals surface area contributed by atoms with Crippen LogP contribution in [0, 0.1) is 12.7 Å². The third-order valence-electron chi connectivity index (χ3n) is 4.41. The number of hydrogen-bond donors (Lipinski definition) is 2. The van der Waals surface area contributed by atoms with Crippen molar-refractivity contribution in [3.63, 3.8) is 0 Å². The van der Waals surface area contributed by atoms with E-state index in [1.54, 1.807) is 24.3 Å². The zero-order valence-corrected chi connectivity index (χ0v) is 18.4. The van der Waals surface area contributed by atoms with Crippen LogP contribution in [0.5, 0.6) is 0 Å². The van der Waals surface area contributed by atoms with Crippen molar-refractivity contribution >= 4 is 59.9 Å². The van der Waals surface area contributed by atoms with Gasteiger partial charge in [0.05, 0.1) is 26.4 Å². The second-order valence-corrected chi connectivity index (χ2v) is 9.80. The van der Waals surface area contributed by atoms with E-state index in [1.807, 2.05) is 6.92 Å². The maximum Gasteiger partial charge on any atom is 0.261 e. The Morgan fingerprint density at radius 1 is 1.10 bits per heavy atom. The number of aryl methyl sites for hydroxylation is 1. The Hall–Kier alpha value is -3.01. The normalized spacial score (nSPS) is 11.5. The van der Waals surface area contributed by atoms with Crippen molar-refractivity contribution in [3.8, 4) is 0 Å². The lowest BCUT2D eigenvalue weighted by Crippen LogP contribution is -2.18. The number of thiazole rings is 1. The summed E-state index contributed by atoms with van der Waals surface area (Å²) < 4.78 is 41.6. The van der Waals surface area contributed by atoms with Gasteiger partial charge in [-0.25, -0.2) is 17.8 Å². The number of rotatable bonds is 5. The maximum absolute atomic E-state index is 13.1. The van der Waals surface area contributed by atoms with Crippen molar-refractivity contribution in [1.29, 1.82) is 0 Å². The van der Waals surface area contributed by atoms with E-state index >= 15 is 0 Å². The van der Waals surface area contributed by atoms with E-state index in [9.17, 15) is 17.6 Å². The average Bonchev–Trinajstić information content (AvgIpc) is 3.11. The lowest BCUT2D eigenvalue weighted by atomic mass is 10.2. The summed E-state index contributed by atoms with van der Waals surface area (Å²) >= 11 is 7.35. The fraction of sp³-hybridized carbons (Fsp3) is 0.0476. The fourth-order valence-corrected chi connectivity index (χ4v) is 5.36. The molecule has 0 atom stereocenters. The van der Waals surface area contributed by atoms with Gasteiger partial charge in [0.25, 0.3) is 15.9 Å². The van der Waals surface area contributed by atoms with Gasteiger partial charge in [-0.05, 0) is 61.0 Å². The Morgan fingerprint density at radius 2 is 1.81 bits per heavy atom. The second kappa shape index (κ2) is 8.26. The molecule has 0 aliphatic carbocycles. The zero-order valence-electron chi connectivity index (χ0n) is 16.0. The number of para-hydroxylation sites is 1. The molecule has 0 fully saturated rings. The van der Waals surface area contributed by atoms with Gasteiger partial charge in [0, 0.05) is 5.02 Å². The van der Waals surface area contributed by atoms with Crippen molar-refractivity contribution in [3.05, 3.63) is 82.6 Å². The molecule has 0 aliphatic heterocycles. The number of anilines is 2. The first-order chi connectivity index (χ1) is 14.7. The van der Waals surface area contributed by atoms with Gasteiger partial charge in [0.15, 0.2) is 5.13 Å². The average molecular weight is 476 g/mol. The van der Waals surface area contributed by atoms with E-state index in [0.717, 1.165) is 40.0 Å². The largest absolute Gasteiger partial charge is 0.298 e. The first-order valence-corrected chi connectivity index (χ1v) is 11.7. The summed E-state index contributed by atoms with van der Waals surface area (Å²) in [6.07, 6.45) is 0. The Morgan fingerprint density at radius 3 is 2.55 bits per heavy atom. The van der Waals surface area contributed by atoms with Crippen molar-refractivity contribution in [2.75, 3.05) is 10.0 Å². The Labute approximate surface area is 186 Å². The number of amides is 1. The van der Waals surface area contributed by atoms with Crippen LogP contribution in [-0.4, -0.2) is 19.3 Å². The second-order valence-electron chi connectivity index (χ2n) is 6.65. The molecule has 0 bridgehead atoms. The third kappa shape index (κ3) is 4.53. The van der Waals surface area contributed by atoms with Gasteiger partial charge in [0.2, 0.25) is 0 Å². The Kier molecular flexibility index (Phi) is 5.65. The molecule has 10 heteroatoms. The summed E-state index contributed by atoms with van der Waals surface area (Å²) in [6, 6.07) is 14.1. The van der Waals surface area contributed by atoms with Crippen molar-refractivity contribution in [2.24, 2.45) is 0 Å². The minimum absolute atomic E-state index is 0.0876. The summed E-state index contributed by atoms with van der Waals surface area (Å²) in [5, 5.41) is 3.65. The molecule has 0 radical (unpaired) electrons. The first-order valence-electron chi connectivity index (χ1n) is 8.98. The molecule has 0 unspecified atom stereocenters. The standard InChI is InChI=1S/C21H15ClFN3O3S2/c1-12-10-13(22)11-18-19(12)24-21(30-18)25-20(27)16-4-2-3-5-17(16)26-31(28,29)15-8-6-14(23)7-9-15/h2-11,26H,1H3,(H,24,25,27). The molecule has 1 aromatic heterocycles. The summed E-state index contributed by atoms with van der Waals surface area (Å²) in [6.45, 7) is 1.87. The fourth-order valence-electron chi connectivity index (χ4n) is 2.96. The highest BCUT2D eigenvalue weighted by Gasteiger charge is 2.20. The number of carbonyl (C=O) groups excluding carboxylic acids is 1. The van der Waals surface area contributed by atoms with E-state index in [1.165, 1.54) is 23.5 Å². The quantitative estimate of drug-likeness (QED) is 0.401. The lowest BCUT2D eigenvalue weighted by molar-refractivity contribution is 0.102. The van der Waals surface area contributed by atoms with Gasteiger partial charge in [-0.15, -0.1) is 0 Å². The maximum atomic E-state index is 13.1. The molecule has 158 valence electrons. The molecule has 4 rings (SSSR count). The number of sulfonamides is 1. The number of benzene rings is 3. The Balaban J connectivity index is 1.61. The minimum atomic E-state index is -4.01. The lowest BCUT2D eigenvalue weighted by Gasteiger charge is -2.12. The van der Waals surface area contributed by atoms with Crippen LogP contribution in [0.1, 0.15) is 15.9 Å². The van der Waals surface area contributed by atoms with Gasteiger partial charge in [-0.1, -0.05) is 35.1 Å². The molecule has 3 aromatic carbocycles. The van der Waals surface area contributed by atoms with Crippen LogP contribution in [0.15, 0.2) is 65.6 Å². The number of halogens is 2. The number of carbonyl (C=O) groups is 1. The topological polar surface area (TPSA) is 88.2 Å². The van der Waals surface area contributed by atoms with Gasteiger partial charge < -0.3 is 0 Å². The summed E-state index contributed by atoms with van der Waals surface area (Å²) in [7, 11) is -4.01. The highest BCUT2D eigenvalue weighted by Crippen LogP contribution is 2.31. The van der Waals surface area contributed by atoms with Crippen LogP contribution in [0.4, 0.5) is 15.2 Å². The molecular formula is C21H15ClFN3O3S2. The van der Waals surface area contributed by atoms with Crippen molar-refractivity contribution in [2.45, 2.75) is 11.8 Å². The number of nitrogens with zero attached hydrogens (tertiary/aromatic N) is 1. The molecule has 1 heterocycles. The van der Waals surface area contributed by atoms with Crippen LogP contribution in [0.25, 0.3) is 10.2 Å². The molecule has 0 saturated heterocycles.